The fourth-order valence-corrected chi connectivity index (χ4v) is 4.94. The molecule has 2 unspecified atom stereocenters. The molecule has 0 radical (unpaired) electrons. The van der Waals surface area contributed by atoms with Crippen molar-refractivity contribution in [2.45, 2.75) is 17.8 Å². The maximum Gasteiger partial charge on any atom is 0.267 e. The van der Waals surface area contributed by atoms with Crippen LogP contribution in [0.4, 0.5) is 0 Å². The zero-order valence-electron chi connectivity index (χ0n) is 15.3. The Hall–Kier alpha value is -2.54. The molecule has 2 atom stereocenters. The van der Waals surface area contributed by atoms with Crippen molar-refractivity contribution in [3.63, 3.8) is 0 Å². The molecule has 7 heteroatoms. The van der Waals surface area contributed by atoms with E-state index in [-0.39, 0.29) is 19.3 Å². The second-order valence-electron chi connectivity index (χ2n) is 6.95. The van der Waals surface area contributed by atoms with Gasteiger partial charge in [0, 0.05) is 24.1 Å². The SMILES string of the molecule is O=C(C1COc2ccccc2O1)N1CCSC(c2ccc3c(c2)OCO3)CC1. The molecule has 0 N–H and O–H groups in total. The number of carbonyl (C=O) groups is 1. The summed E-state index contributed by atoms with van der Waals surface area (Å²) in [6.07, 6.45) is 0.308. The molecule has 2 aromatic carbocycles. The zero-order chi connectivity index (χ0) is 18.9. The predicted octanol–water partition coefficient (Wildman–Crippen LogP) is 3.26. The third-order valence-corrected chi connectivity index (χ3v) is 6.53. The summed E-state index contributed by atoms with van der Waals surface area (Å²) in [7, 11) is 0. The standard InChI is InChI=1S/C21H21NO5S/c23-21(19-12-24-15-3-1-2-4-17(15)27-19)22-8-7-20(28-10-9-22)14-5-6-16-18(11-14)26-13-25-16/h1-6,11,19-20H,7-10,12-13H2. The molecule has 0 spiro atoms. The second kappa shape index (κ2) is 7.47. The highest BCUT2D eigenvalue weighted by Crippen LogP contribution is 2.40. The normalized spacial score (nSPS) is 23.2. The van der Waals surface area contributed by atoms with E-state index in [2.05, 4.69) is 12.1 Å². The number of ether oxygens (including phenoxy) is 4. The Kier molecular flexibility index (Phi) is 4.68. The van der Waals surface area contributed by atoms with E-state index < -0.39 is 6.10 Å². The van der Waals surface area contributed by atoms with Gasteiger partial charge in [0.25, 0.3) is 5.91 Å². The summed E-state index contributed by atoms with van der Waals surface area (Å²) in [6.45, 7) is 1.95. The molecule has 1 saturated heterocycles. The summed E-state index contributed by atoms with van der Waals surface area (Å²) in [6, 6.07) is 13.6. The summed E-state index contributed by atoms with van der Waals surface area (Å²) in [5, 5.41) is 0.330. The molecule has 3 aliphatic rings. The number of nitrogens with zero attached hydrogens (tertiary/aromatic N) is 1. The second-order valence-corrected chi connectivity index (χ2v) is 8.26. The van der Waals surface area contributed by atoms with E-state index in [4.69, 9.17) is 18.9 Å². The molecule has 28 heavy (non-hydrogen) atoms. The minimum absolute atomic E-state index is 0.00133. The number of amides is 1. The highest BCUT2D eigenvalue weighted by Gasteiger charge is 2.32. The largest absolute Gasteiger partial charge is 0.485 e. The molecule has 2 aromatic rings. The summed E-state index contributed by atoms with van der Waals surface area (Å²) in [5.41, 5.74) is 1.22. The molecule has 0 saturated carbocycles. The highest BCUT2D eigenvalue weighted by molar-refractivity contribution is 7.99. The lowest BCUT2D eigenvalue weighted by Gasteiger charge is -2.30. The van der Waals surface area contributed by atoms with E-state index in [1.54, 1.807) is 0 Å². The molecule has 0 aliphatic carbocycles. The molecule has 1 fully saturated rings. The van der Waals surface area contributed by atoms with E-state index in [0.29, 0.717) is 29.8 Å². The third kappa shape index (κ3) is 3.35. The number of para-hydroxylation sites is 2. The van der Waals surface area contributed by atoms with Crippen LogP contribution in [0.15, 0.2) is 42.5 Å². The van der Waals surface area contributed by atoms with Gasteiger partial charge in [0.1, 0.15) is 6.61 Å². The van der Waals surface area contributed by atoms with Gasteiger partial charge >= 0.3 is 0 Å². The van der Waals surface area contributed by atoms with Gasteiger partial charge in [-0.05, 0) is 36.2 Å². The first-order chi connectivity index (χ1) is 13.8. The average molecular weight is 399 g/mol. The Morgan fingerprint density at radius 2 is 1.79 bits per heavy atom. The Bertz CT molecular complexity index is 889. The lowest BCUT2D eigenvalue weighted by atomic mass is 10.1. The van der Waals surface area contributed by atoms with Crippen LogP contribution >= 0.6 is 11.8 Å². The van der Waals surface area contributed by atoms with Crippen LogP contribution in [-0.2, 0) is 4.79 Å². The lowest BCUT2D eigenvalue weighted by molar-refractivity contribution is -0.140. The molecule has 0 aromatic heterocycles. The lowest BCUT2D eigenvalue weighted by Crippen LogP contribution is -2.47. The van der Waals surface area contributed by atoms with Crippen molar-refractivity contribution >= 4 is 17.7 Å². The molecular weight excluding hydrogens is 378 g/mol. The number of thioether (sulfide) groups is 1. The van der Waals surface area contributed by atoms with E-state index in [1.165, 1.54) is 5.56 Å². The van der Waals surface area contributed by atoms with E-state index in [9.17, 15) is 4.79 Å². The van der Waals surface area contributed by atoms with Gasteiger partial charge in [-0.1, -0.05) is 18.2 Å². The van der Waals surface area contributed by atoms with Crippen LogP contribution in [0.3, 0.4) is 0 Å². The maximum atomic E-state index is 13.0. The first-order valence-electron chi connectivity index (χ1n) is 9.46. The van der Waals surface area contributed by atoms with Crippen molar-refractivity contribution < 1.29 is 23.7 Å². The first kappa shape index (κ1) is 17.6. The van der Waals surface area contributed by atoms with E-state index >= 15 is 0 Å². The van der Waals surface area contributed by atoms with Gasteiger partial charge < -0.3 is 23.8 Å². The van der Waals surface area contributed by atoms with Gasteiger partial charge in [-0.25, -0.2) is 0 Å². The van der Waals surface area contributed by atoms with Crippen molar-refractivity contribution in [2.75, 3.05) is 32.2 Å². The fourth-order valence-electron chi connectivity index (χ4n) is 3.71. The van der Waals surface area contributed by atoms with Gasteiger partial charge in [-0.2, -0.15) is 11.8 Å². The number of hydrogen-bond acceptors (Lipinski definition) is 6. The average Bonchev–Trinajstić information content (AvgIpc) is 3.07. The summed E-state index contributed by atoms with van der Waals surface area (Å²) >= 11 is 1.88. The molecule has 146 valence electrons. The highest BCUT2D eigenvalue weighted by atomic mass is 32.2. The molecule has 6 nitrogen and oxygen atoms in total. The smallest absolute Gasteiger partial charge is 0.267 e. The van der Waals surface area contributed by atoms with Gasteiger partial charge in [-0.3, -0.25) is 4.79 Å². The number of benzene rings is 2. The minimum atomic E-state index is -0.581. The monoisotopic (exact) mass is 399 g/mol. The van der Waals surface area contributed by atoms with Crippen LogP contribution in [0.1, 0.15) is 17.2 Å². The van der Waals surface area contributed by atoms with Crippen LogP contribution in [0.2, 0.25) is 0 Å². The van der Waals surface area contributed by atoms with Crippen molar-refractivity contribution in [3.05, 3.63) is 48.0 Å². The predicted molar refractivity (Wildman–Crippen MR) is 105 cm³/mol. The van der Waals surface area contributed by atoms with Crippen LogP contribution in [-0.4, -0.2) is 49.2 Å². The van der Waals surface area contributed by atoms with Crippen LogP contribution < -0.4 is 18.9 Å². The minimum Gasteiger partial charge on any atom is -0.485 e. The Morgan fingerprint density at radius 1 is 0.964 bits per heavy atom. The van der Waals surface area contributed by atoms with Gasteiger partial charge in [0.15, 0.2) is 23.0 Å². The quantitative estimate of drug-likeness (QED) is 0.773. The van der Waals surface area contributed by atoms with Gasteiger partial charge in [-0.15, -0.1) is 0 Å². The molecule has 3 aliphatic heterocycles. The number of carbonyl (C=O) groups excluding carboxylic acids is 1. The van der Waals surface area contributed by atoms with Crippen LogP contribution in [0.5, 0.6) is 23.0 Å². The summed E-state index contributed by atoms with van der Waals surface area (Å²) in [5.74, 6) is 3.82. The van der Waals surface area contributed by atoms with E-state index in [1.807, 2.05) is 47.0 Å². The first-order valence-corrected chi connectivity index (χ1v) is 10.5. The maximum absolute atomic E-state index is 13.0. The topological polar surface area (TPSA) is 57.2 Å². The zero-order valence-corrected chi connectivity index (χ0v) is 16.2. The Labute approximate surface area is 167 Å². The van der Waals surface area contributed by atoms with Crippen LogP contribution in [0.25, 0.3) is 0 Å². The molecule has 3 heterocycles. The van der Waals surface area contributed by atoms with Crippen molar-refractivity contribution in [2.24, 2.45) is 0 Å². The summed E-state index contributed by atoms with van der Waals surface area (Å²) < 4.78 is 22.5. The van der Waals surface area contributed by atoms with E-state index in [0.717, 1.165) is 23.7 Å². The Balaban J connectivity index is 1.24. The van der Waals surface area contributed by atoms with Crippen molar-refractivity contribution in [3.8, 4) is 23.0 Å². The number of hydrogen-bond donors (Lipinski definition) is 0. The number of rotatable bonds is 2. The Morgan fingerprint density at radius 3 is 2.71 bits per heavy atom. The summed E-state index contributed by atoms with van der Waals surface area (Å²) in [4.78, 5) is 14.9. The van der Waals surface area contributed by atoms with Crippen LogP contribution in [0, 0.1) is 0 Å². The molecule has 0 bridgehead atoms. The molecule has 1 amide bonds. The number of fused-ring (bicyclic) bond motifs is 2. The molecular formula is C21H21NO5S. The molecule has 5 rings (SSSR count). The van der Waals surface area contributed by atoms with Gasteiger partial charge in [0.2, 0.25) is 12.9 Å². The third-order valence-electron chi connectivity index (χ3n) is 5.21. The van der Waals surface area contributed by atoms with Crippen molar-refractivity contribution in [1.82, 2.24) is 4.90 Å². The van der Waals surface area contributed by atoms with Crippen molar-refractivity contribution in [1.29, 1.82) is 0 Å². The van der Waals surface area contributed by atoms with Gasteiger partial charge in [0.05, 0.1) is 0 Å². The fraction of sp³-hybridized carbons (Fsp3) is 0.381.